The van der Waals surface area contributed by atoms with Crippen LogP contribution < -0.4 is 5.32 Å². The van der Waals surface area contributed by atoms with Crippen molar-refractivity contribution in [1.29, 1.82) is 0 Å². The van der Waals surface area contributed by atoms with Gasteiger partial charge < -0.3 is 10.2 Å². The molecule has 23 heavy (non-hydrogen) atoms. The summed E-state index contributed by atoms with van der Waals surface area (Å²) in [6.07, 6.45) is 4.41. The Hall–Kier alpha value is -2.13. The van der Waals surface area contributed by atoms with Gasteiger partial charge in [0.05, 0.1) is 0 Å². The van der Waals surface area contributed by atoms with Gasteiger partial charge in [-0.1, -0.05) is 55.0 Å². The number of piperidine rings is 1. The minimum absolute atomic E-state index is 0.0963. The van der Waals surface area contributed by atoms with E-state index in [4.69, 9.17) is 0 Å². The van der Waals surface area contributed by atoms with Crippen molar-refractivity contribution in [3.8, 4) is 11.1 Å². The fraction of sp³-hybridized carbons (Fsp3) is 0.350. The van der Waals surface area contributed by atoms with E-state index in [9.17, 15) is 4.79 Å². The van der Waals surface area contributed by atoms with Crippen molar-refractivity contribution < 1.29 is 4.79 Å². The summed E-state index contributed by atoms with van der Waals surface area (Å²) < 4.78 is 0. The number of para-hydroxylation sites is 1. The third-order valence-corrected chi connectivity index (χ3v) is 4.39. The van der Waals surface area contributed by atoms with E-state index >= 15 is 0 Å². The van der Waals surface area contributed by atoms with Crippen LogP contribution >= 0.6 is 0 Å². The molecule has 0 bridgehead atoms. The highest BCUT2D eigenvalue weighted by Gasteiger charge is 2.13. The standard InChI is InChI=1S/C20H24N2O/c23-20(13-16-22-14-7-2-8-15-22)21-19-12-6-5-11-18(19)17-9-3-1-4-10-17/h1,3-6,9-12H,2,7-8,13-16H2,(H,21,23). The molecule has 1 amide bonds. The van der Waals surface area contributed by atoms with Crippen LogP contribution in [-0.4, -0.2) is 30.4 Å². The average molecular weight is 308 g/mol. The van der Waals surface area contributed by atoms with Crippen molar-refractivity contribution in [2.24, 2.45) is 0 Å². The number of nitrogens with one attached hydrogen (secondary N) is 1. The molecule has 3 rings (SSSR count). The molecule has 2 aromatic carbocycles. The highest BCUT2D eigenvalue weighted by molar-refractivity contribution is 5.95. The largest absolute Gasteiger partial charge is 0.325 e. The Kier molecular flexibility index (Phi) is 5.43. The van der Waals surface area contributed by atoms with E-state index < -0.39 is 0 Å². The van der Waals surface area contributed by atoms with Crippen molar-refractivity contribution in [1.82, 2.24) is 4.90 Å². The van der Waals surface area contributed by atoms with E-state index in [1.165, 1.54) is 19.3 Å². The van der Waals surface area contributed by atoms with Crippen LogP contribution in [0.4, 0.5) is 5.69 Å². The van der Waals surface area contributed by atoms with Crippen LogP contribution in [0.2, 0.25) is 0 Å². The second kappa shape index (κ2) is 7.93. The lowest BCUT2D eigenvalue weighted by molar-refractivity contribution is -0.116. The van der Waals surface area contributed by atoms with Gasteiger partial charge >= 0.3 is 0 Å². The van der Waals surface area contributed by atoms with Crippen molar-refractivity contribution >= 4 is 11.6 Å². The molecular formula is C20H24N2O. The van der Waals surface area contributed by atoms with Crippen LogP contribution in [0.5, 0.6) is 0 Å². The minimum atomic E-state index is 0.0963. The highest BCUT2D eigenvalue weighted by atomic mass is 16.1. The summed E-state index contributed by atoms with van der Waals surface area (Å²) in [7, 11) is 0. The average Bonchev–Trinajstić information content (AvgIpc) is 2.62. The summed E-state index contributed by atoms with van der Waals surface area (Å²) in [5.74, 6) is 0.0963. The SMILES string of the molecule is O=C(CCN1CCCCC1)Nc1ccccc1-c1ccccc1. The van der Waals surface area contributed by atoms with Crippen molar-refractivity contribution in [3.63, 3.8) is 0 Å². The van der Waals surface area contributed by atoms with Gasteiger partial charge in [-0.3, -0.25) is 4.79 Å². The summed E-state index contributed by atoms with van der Waals surface area (Å²) in [5, 5.41) is 3.08. The first-order chi connectivity index (χ1) is 11.3. The first kappa shape index (κ1) is 15.8. The van der Waals surface area contributed by atoms with Crippen molar-refractivity contribution in [3.05, 3.63) is 54.6 Å². The molecule has 0 saturated carbocycles. The van der Waals surface area contributed by atoms with Gasteiger partial charge in [-0.2, -0.15) is 0 Å². The molecule has 1 fully saturated rings. The molecule has 120 valence electrons. The highest BCUT2D eigenvalue weighted by Crippen LogP contribution is 2.27. The van der Waals surface area contributed by atoms with E-state index in [-0.39, 0.29) is 5.91 Å². The van der Waals surface area contributed by atoms with E-state index in [0.29, 0.717) is 6.42 Å². The Labute approximate surface area is 138 Å². The number of hydrogen-bond acceptors (Lipinski definition) is 2. The number of nitrogens with zero attached hydrogens (tertiary/aromatic N) is 1. The summed E-state index contributed by atoms with van der Waals surface area (Å²) in [5.41, 5.74) is 3.08. The van der Waals surface area contributed by atoms with Crippen LogP contribution in [0.15, 0.2) is 54.6 Å². The number of rotatable bonds is 5. The molecule has 0 unspecified atom stereocenters. The predicted octanol–water partition coefficient (Wildman–Crippen LogP) is 4.17. The number of amides is 1. The van der Waals surface area contributed by atoms with Crippen LogP contribution in [-0.2, 0) is 4.79 Å². The summed E-state index contributed by atoms with van der Waals surface area (Å²) >= 11 is 0. The van der Waals surface area contributed by atoms with Crippen LogP contribution in [0.1, 0.15) is 25.7 Å². The number of carbonyl (C=O) groups is 1. The topological polar surface area (TPSA) is 32.3 Å². The zero-order chi connectivity index (χ0) is 15.9. The maximum atomic E-state index is 12.3. The molecule has 0 atom stereocenters. The van der Waals surface area contributed by atoms with Crippen LogP contribution in [0, 0.1) is 0 Å². The van der Waals surface area contributed by atoms with Gasteiger partial charge in [0.2, 0.25) is 5.91 Å². The number of benzene rings is 2. The summed E-state index contributed by atoms with van der Waals surface area (Å²) in [6, 6.07) is 18.2. The van der Waals surface area contributed by atoms with Crippen LogP contribution in [0.25, 0.3) is 11.1 Å². The quantitative estimate of drug-likeness (QED) is 0.899. The molecule has 2 aromatic rings. The second-order valence-electron chi connectivity index (χ2n) is 6.11. The molecule has 1 aliphatic rings. The number of likely N-dealkylation sites (tertiary alicyclic amines) is 1. The monoisotopic (exact) mass is 308 g/mol. The lowest BCUT2D eigenvalue weighted by atomic mass is 10.0. The number of anilines is 1. The number of carbonyl (C=O) groups excluding carboxylic acids is 1. The van der Waals surface area contributed by atoms with E-state index in [0.717, 1.165) is 36.4 Å². The first-order valence-electron chi connectivity index (χ1n) is 8.49. The fourth-order valence-electron chi connectivity index (χ4n) is 3.12. The molecule has 1 heterocycles. The maximum Gasteiger partial charge on any atom is 0.225 e. The zero-order valence-corrected chi connectivity index (χ0v) is 13.5. The lowest BCUT2D eigenvalue weighted by Gasteiger charge is -2.26. The first-order valence-corrected chi connectivity index (χ1v) is 8.49. The van der Waals surface area contributed by atoms with Crippen LogP contribution in [0.3, 0.4) is 0 Å². The van der Waals surface area contributed by atoms with E-state index in [1.54, 1.807) is 0 Å². The van der Waals surface area contributed by atoms with Gasteiger partial charge in [-0.15, -0.1) is 0 Å². The van der Waals surface area contributed by atoms with Gasteiger partial charge in [-0.25, -0.2) is 0 Å². The predicted molar refractivity (Wildman–Crippen MR) is 95.4 cm³/mol. The molecule has 0 aliphatic carbocycles. The Morgan fingerprint density at radius 2 is 1.61 bits per heavy atom. The molecule has 3 nitrogen and oxygen atoms in total. The molecule has 0 radical (unpaired) electrons. The van der Waals surface area contributed by atoms with E-state index in [1.807, 2.05) is 36.4 Å². The molecule has 3 heteroatoms. The molecule has 1 aliphatic heterocycles. The lowest BCUT2D eigenvalue weighted by Crippen LogP contribution is -2.32. The Bertz CT molecular complexity index is 633. The third-order valence-electron chi connectivity index (χ3n) is 4.39. The van der Waals surface area contributed by atoms with E-state index in [2.05, 4.69) is 28.4 Å². The number of hydrogen-bond donors (Lipinski definition) is 1. The molecule has 1 saturated heterocycles. The van der Waals surface area contributed by atoms with Gasteiger partial charge in [0, 0.05) is 24.2 Å². The van der Waals surface area contributed by atoms with Crippen molar-refractivity contribution in [2.45, 2.75) is 25.7 Å². The van der Waals surface area contributed by atoms with Gasteiger partial charge in [0.25, 0.3) is 0 Å². The van der Waals surface area contributed by atoms with Crippen molar-refractivity contribution in [2.75, 3.05) is 25.0 Å². The smallest absolute Gasteiger partial charge is 0.225 e. The molecule has 0 spiro atoms. The zero-order valence-electron chi connectivity index (χ0n) is 13.5. The summed E-state index contributed by atoms with van der Waals surface area (Å²) in [4.78, 5) is 14.7. The van der Waals surface area contributed by atoms with Gasteiger partial charge in [-0.05, 0) is 37.6 Å². The second-order valence-corrected chi connectivity index (χ2v) is 6.11. The summed E-state index contributed by atoms with van der Waals surface area (Å²) in [6.45, 7) is 3.13. The minimum Gasteiger partial charge on any atom is -0.325 e. The Morgan fingerprint density at radius 3 is 2.39 bits per heavy atom. The van der Waals surface area contributed by atoms with Gasteiger partial charge in [0.15, 0.2) is 0 Å². The molecule has 1 N–H and O–H groups in total. The third kappa shape index (κ3) is 4.42. The fourth-order valence-corrected chi connectivity index (χ4v) is 3.12. The molecular weight excluding hydrogens is 284 g/mol. The Balaban J connectivity index is 1.62. The Morgan fingerprint density at radius 1 is 0.913 bits per heavy atom. The normalized spacial score (nSPS) is 15.3. The molecule has 0 aromatic heterocycles. The van der Waals surface area contributed by atoms with Gasteiger partial charge in [0.1, 0.15) is 0 Å². The maximum absolute atomic E-state index is 12.3.